The molecule has 0 aliphatic carbocycles. The third-order valence-electron chi connectivity index (χ3n) is 2.85. The average molecular weight is 266 g/mol. The molecule has 1 fully saturated rings. The van der Waals surface area contributed by atoms with Crippen LogP contribution in [-0.2, 0) is 0 Å². The van der Waals surface area contributed by atoms with Crippen molar-refractivity contribution in [1.29, 1.82) is 0 Å². The maximum Gasteiger partial charge on any atom is 0.173 e. The highest BCUT2D eigenvalue weighted by Gasteiger charge is 2.23. The van der Waals surface area contributed by atoms with Gasteiger partial charge in [0.2, 0.25) is 0 Å². The molecule has 0 bridgehead atoms. The van der Waals surface area contributed by atoms with Crippen molar-refractivity contribution in [2.75, 3.05) is 11.4 Å². The standard InChI is InChI=1S/C16H14N2S/c1-13-12-18(15-10-6-3-7-11-15)16(19-13)17-14-8-4-2-5-9-14/h2-11H,1,12H2. The summed E-state index contributed by atoms with van der Waals surface area (Å²) in [6.45, 7) is 4.88. The highest BCUT2D eigenvalue weighted by atomic mass is 32.2. The molecule has 1 aliphatic heterocycles. The lowest BCUT2D eigenvalue weighted by atomic mass is 10.3. The van der Waals surface area contributed by atoms with E-state index in [-0.39, 0.29) is 0 Å². The normalized spacial score (nSPS) is 17.2. The summed E-state index contributed by atoms with van der Waals surface area (Å²) in [6.07, 6.45) is 0. The Kier molecular flexibility index (Phi) is 3.38. The number of thioether (sulfide) groups is 1. The molecule has 0 amide bonds. The van der Waals surface area contributed by atoms with Crippen LogP contribution < -0.4 is 4.90 Å². The van der Waals surface area contributed by atoms with Gasteiger partial charge in [0.15, 0.2) is 5.17 Å². The summed E-state index contributed by atoms with van der Waals surface area (Å²) in [4.78, 5) is 8.03. The summed E-state index contributed by atoms with van der Waals surface area (Å²) in [6, 6.07) is 20.3. The first-order valence-corrected chi connectivity index (χ1v) is 6.96. The van der Waals surface area contributed by atoms with E-state index in [1.54, 1.807) is 11.8 Å². The Morgan fingerprint density at radius 1 is 0.947 bits per heavy atom. The number of hydrogen-bond acceptors (Lipinski definition) is 2. The van der Waals surface area contributed by atoms with Gasteiger partial charge in [-0.1, -0.05) is 54.7 Å². The fourth-order valence-electron chi connectivity index (χ4n) is 1.97. The van der Waals surface area contributed by atoms with Crippen molar-refractivity contribution < 1.29 is 0 Å². The van der Waals surface area contributed by atoms with Gasteiger partial charge >= 0.3 is 0 Å². The van der Waals surface area contributed by atoms with Gasteiger partial charge in [-0.3, -0.25) is 0 Å². The number of para-hydroxylation sites is 2. The van der Waals surface area contributed by atoms with Gasteiger partial charge in [-0.15, -0.1) is 0 Å². The van der Waals surface area contributed by atoms with E-state index in [0.29, 0.717) is 0 Å². The van der Waals surface area contributed by atoms with Gasteiger partial charge in [0.05, 0.1) is 12.2 Å². The zero-order valence-electron chi connectivity index (χ0n) is 10.5. The van der Waals surface area contributed by atoms with Crippen molar-refractivity contribution in [1.82, 2.24) is 0 Å². The number of rotatable bonds is 2. The molecule has 0 spiro atoms. The fourth-order valence-corrected chi connectivity index (χ4v) is 2.85. The van der Waals surface area contributed by atoms with Crippen LogP contribution in [0.3, 0.4) is 0 Å². The van der Waals surface area contributed by atoms with Crippen LogP contribution in [0.4, 0.5) is 11.4 Å². The third-order valence-corrected chi connectivity index (χ3v) is 3.76. The second-order valence-corrected chi connectivity index (χ2v) is 5.44. The van der Waals surface area contributed by atoms with Crippen molar-refractivity contribution >= 4 is 28.3 Å². The molecule has 0 saturated carbocycles. The van der Waals surface area contributed by atoms with E-state index in [1.165, 1.54) is 0 Å². The predicted molar refractivity (Wildman–Crippen MR) is 84.1 cm³/mol. The molecule has 2 nitrogen and oxygen atoms in total. The first kappa shape index (κ1) is 12.1. The van der Waals surface area contributed by atoms with Crippen molar-refractivity contribution in [2.45, 2.75) is 0 Å². The lowest BCUT2D eigenvalue weighted by Gasteiger charge is -2.17. The largest absolute Gasteiger partial charge is 0.316 e. The summed E-state index contributed by atoms with van der Waals surface area (Å²) < 4.78 is 0. The first-order valence-electron chi connectivity index (χ1n) is 6.15. The van der Waals surface area contributed by atoms with E-state index < -0.39 is 0 Å². The lowest BCUT2D eigenvalue weighted by Crippen LogP contribution is -2.22. The van der Waals surface area contributed by atoms with Crippen molar-refractivity contribution in [3.05, 3.63) is 72.1 Å². The van der Waals surface area contributed by atoms with Crippen molar-refractivity contribution in [3.63, 3.8) is 0 Å². The van der Waals surface area contributed by atoms with Gasteiger partial charge in [0, 0.05) is 10.6 Å². The monoisotopic (exact) mass is 266 g/mol. The minimum atomic E-state index is 0.820. The molecule has 0 aromatic heterocycles. The Morgan fingerprint density at radius 3 is 2.26 bits per heavy atom. The highest BCUT2D eigenvalue weighted by Crippen LogP contribution is 2.33. The van der Waals surface area contributed by atoms with Gasteiger partial charge in [0.25, 0.3) is 0 Å². The molecule has 2 aromatic carbocycles. The van der Waals surface area contributed by atoms with Gasteiger partial charge in [0.1, 0.15) is 0 Å². The Bertz CT molecular complexity index is 605. The van der Waals surface area contributed by atoms with Crippen LogP contribution in [0.25, 0.3) is 0 Å². The molecule has 1 heterocycles. The summed E-state index contributed by atoms with van der Waals surface area (Å²) in [5.41, 5.74) is 2.13. The van der Waals surface area contributed by atoms with E-state index in [4.69, 9.17) is 4.99 Å². The second-order valence-electron chi connectivity index (χ2n) is 4.29. The Balaban J connectivity index is 1.95. The van der Waals surface area contributed by atoms with Crippen molar-refractivity contribution in [2.24, 2.45) is 4.99 Å². The second kappa shape index (κ2) is 5.33. The molecular formula is C16H14N2S. The molecule has 94 valence electrons. The minimum absolute atomic E-state index is 0.820. The summed E-state index contributed by atoms with van der Waals surface area (Å²) in [7, 11) is 0. The van der Waals surface area contributed by atoms with Crippen LogP contribution >= 0.6 is 11.8 Å². The summed E-state index contributed by atoms with van der Waals surface area (Å²) in [5.74, 6) is 0. The van der Waals surface area contributed by atoms with Crippen molar-refractivity contribution in [3.8, 4) is 0 Å². The van der Waals surface area contributed by atoms with E-state index in [0.717, 1.165) is 28.0 Å². The molecule has 2 aromatic rings. The molecule has 19 heavy (non-hydrogen) atoms. The number of benzene rings is 2. The number of hydrogen-bond donors (Lipinski definition) is 0. The summed E-state index contributed by atoms with van der Waals surface area (Å²) in [5, 5.41) is 0.988. The third kappa shape index (κ3) is 2.71. The van der Waals surface area contributed by atoms with Crippen LogP contribution in [0.1, 0.15) is 0 Å². The molecule has 0 radical (unpaired) electrons. The van der Waals surface area contributed by atoms with Gasteiger partial charge in [-0.2, -0.15) is 0 Å². The Labute approximate surface area is 117 Å². The van der Waals surface area contributed by atoms with Crippen LogP contribution in [0, 0.1) is 0 Å². The van der Waals surface area contributed by atoms with E-state index in [9.17, 15) is 0 Å². The number of anilines is 1. The Hall–Kier alpha value is -2.00. The molecule has 0 unspecified atom stereocenters. The van der Waals surface area contributed by atoms with E-state index in [2.05, 4.69) is 23.6 Å². The van der Waals surface area contributed by atoms with Gasteiger partial charge in [-0.05, 0) is 24.3 Å². The number of amidine groups is 1. The van der Waals surface area contributed by atoms with Crippen LogP contribution in [0.15, 0.2) is 77.1 Å². The fraction of sp³-hybridized carbons (Fsp3) is 0.0625. The first-order chi connectivity index (χ1) is 9.33. The maximum absolute atomic E-state index is 4.71. The van der Waals surface area contributed by atoms with Gasteiger partial charge < -0.3 is 4.90 Å². The zero-order chi connectivity index (χ0) is 13.1. The van der Waals surface area contributed by atoms with Crippen LogP contribution in [0.2, 0.25) is 0 Å². The number of aliphatic imine (C=N–C) groups is 1. The smallest absolute Gasteiger partial charge is 0.173 e. The molecule has 3 heteroatoms. The van der Waals surface area contributed by atoms with E-state index in [1.807, 2.05) is 48.5 Å². The van der Waals surface area contributed by atoms with Gasteiger partial charge in [-0.25, -0.2) is 4.99 Å². The molecule has 3 rings (SSSR count). The topological polar surface area (TPSA) is 15.6 Å². The van der Waals surface area contributed by atoms with Crippen LogP contribution in [0.5, 0.6) is 0 Å². The predicted octanol–water partition coefficient (Wildman–Crippen LogP) is 4.44. The number of nitrogens with zero attached hydrogens (tertiary/aromatic N) is 2. The lowest BCUT2D eigenvalue weighted by molar-refractivity contribution is 1.16. The maximum atomic E-state index is 4.71. The zero-order valence-corrected chi connectivity index (χ0v) is 11.3. The summed E-state index contributed by atoms with van der Waals surface area (Å²) >= 11 is 1.64. The molecule has 1 aliphatic rings. The highest BCUT2D eigenvalue weighted by molar-refractivity contribution is 8.18. The molecule has 1 saturated heterocycles. The van der Waals surface area contributed by atoms with Crippen LogP contribution in [-0.4, -0.2) is 11.7 Å². The molecule has 0 atom stereocenters. The average Bonchev–Trinajstić information content (AvgIpc) is 2.82. The quantitative estimate of drug-likeness (QED) is 0.798. The molecule has 0 N–H and O–H groups in total. The van der Waals surface area contributed by atoms with E-state index >= 15 is 0 Å². The molecular weight excluding hydrogens is 252 g/mol. The SMILES string of the molecule is C=C1CN(c2ccccc2)C(=Nc2ccccc2)S1. The minimum Gasteiger partial charge on any atom is -0.316 e. The Morgan fingerprint density at radius 2 is 1.58 bits per heavy atom.